The lowest BCUT2D eigenvalue weighted by molar-refractivity contribution is 0.0473. The van der Waals surface area contributed by atoms with Gasteiger partial charge in [-0.2, -0.15) is 0 Å². The predicted molar refractivity (Wildman–Crippen MR) is 91.7 cm³/mol. The van der Waals surface area contributed by atoms with Crippen LogP contribution in [0.25, 0.3) is 0 Å². The maximum absolute atomic E-state index is 10.8. The number of nitrogens with zero attached hydrogens (tertiary/aromatic N) is 1. The van der Waals surface area contributed by atoms with E-state index in [9.17, 15) is 5.11 Å². The molecule has 0 fully saturated rings. The van der Waals surface area contributed by atoms with Crippen molar-refractivity contribution in [2.75, 3.05) is 13.1 Å². The second kappa shape index (κ2) is 9.22. The molecule has 0 saturated carbocycles. The van der Waals surface area contributed by atoms with Crippen LogP contribution >= 0.6 is 0 Å². The predicted octanol–water partition coefficient (Wildman–Crippen LogP) is 4.74. The van der Waals surface area contributed by atoms with Crippen molar-refractivity contribution in [2.45, 2.75) is 71.9 Å². The van der Waals surface area contributed by atoms with Gasteiger partial charge >= 0.3 is 0 Å². The van der Waals surface area contributed by atoms with Crippen molar-refractivity contribution in [1.82, 2.24) is 4.90 Å². The van der Waals surface area contributed by atoms with Crippen molar-refractivity contribution >= 4 is 0 Å². The Labute approximate surface area is 131 Å². The van der Waals surface area contributed by atoms with Gasteiger partial charge in [-0.05, 0) is 36.6 Å². The summed E-state index contributed by atoms with van der Waals surface area (Å²) in [4.78, 5) is 2.39. The zero-order valence-corrected chi connectivity index (χ0v) is 14.5. The molecular weight excluding hydrogens is 258 g/mol. The van der Waals surface area contributed by atoms with Gasteiger partial charge in [0.15, 0.2) is 0 Å². The lowest BCUT2D eigenvalue weighted by Gasteiger charge is -2.33. The molecular formula is C19H33NO. The standard InChI is InChI=1S/C19H33NO/c1-6-9-10-18(20(7-2)8-3)19(21)17-13-11-16(12-14-17)15(4)5/h11-15,18-19,21H,6-10H2,1-5H3/t18-,19-/m0/s1. The Hall–Kier alpha value is -0.860. The van der Waals surface area contributed by atoms with E-state index in [1.165, 1.54) is 18.4 Å². The largest absolute Gasteiger partial charge is 0.387 e. The third-order valence-electron chi connectivity index (χ3n) is 4.44. The average Bonchev–Trinajstić information content (AvgIpc) is 2.51. The monoisotopic (exact) mass is 291 g/mol. The van der Waals surface area contributed by atoms with Crippen LogP contribution in [0.4, 0.5) is 0 Å². The third kappa shape index (κ3) is 5.12. The second-order valence-corrected chi connectivity index (χ2v) is 6.20. The zero-order chi connectivity index (χ0) is 15.8. The molecule has 120 valence electrons. The van der Waals surface area contributed by atoms with Crippen molar-refractivity contribution in [3.05, 3.63) is 35.4 Å². The number of aliphatic hydroxyl groups excluding tert-OH is 1. The number of likely N-dealkylation sites (N-methyl/N-ethyl adjacent to an activating group) is 1. The molecule has 0 aliphatic heterocycles. The highest BCUT2D eigenvalue weighted by Gasteiger charge is 2.25. The fourth-order valence-corrected chi connectivity index (χ4v) is 2.95. The Morgan fingerprint density at radius 3 is 1.90 bits per heavy atom. The van der Waals surface area contributed by atoms with Gasteiger partial charge in [0.2, 0.25) is 0 Å². The van der Waals surface area contributed by atoms with E-state index in [1.807, 2.05) is 0 Å². The van der Waals surface area contributed by atoms with E-state index in [0.29, 0.717) is 5.92 Å². The van der Waals surface area contributed by atoms with Gasteiger partial charge < -0.3 is 5.11 Å². The first-order chi connectivity index (χ1) is 10.0. The second-order valence-electron chi connectivity index (χ2n) is 6.20. The average molecular weight is 291 g/mol. The number of rotatable bonds is 9. The van der Waals surface area contributed by atoms with Gasteiger partial charge in [-0.25, -0.2) is 0 Å². The molecule has 0 bridgehead atoms. The molecule has 1 N–H and O–H groups in total. The molecule has 0 unspecified atom stereocenters. The first-order valence-corrected chi connectivity index (χ1v) is 8.57. The molecule has 0 spiro atoms. The zero-order valence-electron chi connectivity index (χ0n) is 14.5. The highest BCUT2D eigenvalue weighted by atomic mass is 16.3. The highest BCUT2D eigenvalue weighted by molar-refractivity contribution is 5.26. The molecule has 2 nitrogen and oxygen atoms in total. The quantitative estimate of drug-likeness (QED) is 0.710. The van der Waals surface area contributed by atoms with Gasteiger partial charge in [-0.1, -0.05) is 71.7 Å². The van der Waals surface area contributed by atoms with Crippen molar-refractivity contribution < 1.29 is 5.11 Å². The molecule has 1 rings (SSSR count). The van der Waals surface area contributed by atoms with Gasteiger partial charge in [-0.3, -0.25) is 4.90 Å². The molecule has 0 heterocycles. The minimum absolute atomic E-state index is 0.227. The summed E-state index contributed by atoms with van der Waals surface area (Å²) >= 11 is 0. The molecule has 0 aliphatic rings. The van der Waals surface area contributed by atoms with Crippen LogP contribution < -0.4 is 0 Å². The maximum Gasteiger partial charge on any atom is 0.0945 e. The molecule has 0 radical (unpaired) electrons. The minimum Gasteiger partial charge on any atom is -0.387 e. The summed E-state index contributed by atoms with van der Waals surface area (Å²) in [5, 5.41) is 10.8. The summed E-state index contributed by atoms with van der Waals surface area (Å²) in [7, 11) is 0. The smallest absolute Gasteiger partial charge is 0.0945 e. The Balaban J connectivity index is 2.89. The Morgan fingerprint density at radius 1 is 0.952 bits per heavy atom. The van der Waals surface area contributed by atoms with E-state index < -0.39 is 6.10 Å². The Morgan fingerprint density at radius 2 is 1.48 bits per heavy atom. The lowest BCUT2D eigenvalue weighted by atomic mass is 9.94. The minimum atomic E-state index is -0.391. The van der Waals surface area contributed by atoms with Crippen molar-refractivity contribution in [3.63, 3.8) is 0 Å². The van der Waals surface area contributed by atoms with Crippen molar-refractivity contribution in [3.8, 4) is 0 Å². The molecule has 2 atom stereocenters. The normalized spacial score (nSPS) is 14.7. The van der Waals surface area contributed by atoms with Crippen LogP contribution in [-0.2, 0) is 0 Å². The van der Waals surface area contributed by atoms with Gasteiger partial charge in [0.1, 0.15) is 0 Å². The number of aliphatic hydroxyl groups is 1. The molecule has 1 aromatic carbocycles. The van der Waals surface area contributed by atoms with E-state index in [4.69, 9.17) is 0 Å². The van der Waals surface area contributed by atoms with Crippen LogP contribution in [-0.4, -0.2) is 29.1 Å². The van der Waals surface area contributed by atoms with E-state index >= 15 is 0 Å². The Kier molecular flexibility index (Phi) is 7.98. The molecule has 0 amide bonds. The summed E-state index contributed by atoms with van der Waals surface area (Å²) in [6, 6.07) is 8.74. The highest BCUT2D eigenvalue weighted by Crippen LogP contribution is 2.26. The fraction of sp³-hybridized carbons (Fsp3) is 0.684. The number of hydrogen-bond donors (Lipinski definition) is 1. The van der Waals surface area contributed by atoms with Gasteiger partial charge in [0.05, 0.1) is 6.10 Å². The molecule has 1 aromatic rings. The molecule has 0 aliphatic carbocycles. The van der Waals surface area contributed by atoms with Crippen LogP contribution in [0.5, 0.6) is 0 Å². The van der Waals surface area contributed by atoms with Crippen LogP contribution in [0.3, 0.4) is 0 Å². The third-order valence-corrected chi connectivity index (χ3v) is 4.44. The van der Waals surface area contributed by atoms with E-state index in [0.717, 1.165) is 25.1 Å². The topological polar surface area (TPSA) is 23.5 Å². The van der Waals surface area contributed by atoms with Crippen molar-refractivity contribution in [2.24, 2.45) is 0 Å². The first kappa shape index (κ1) is 18.2. The first-order valence-electron chi connectivity index (χ1n) is 8.57. The number of hydrogen-bond acceptors (Lipinski definition) is 2. The summed E-state index contributed by atoms with van der Waals surface area (Å²) < 4.78 is 0. The number of benzene rings is 1. The van der Waals surface area contributed by atoms with Gasteiger partial charge in [-0.15, -0.1) is 0 Å². The Bertz CT molecular complexity index is 381. The molecule has 0 saturated heterocycles. The van der Waals surface area contributed by atoms with Crippen LogP contribution in [0.15, 0.2) is 24.3 Å². The van der Waals surface area contributed by atoms with Crippen LogP contribution in [0.2, 0.25) is 0 Å². The summed E-state index contributed by atoms with van der Waals surface area (Å²) in [6.45, 7) is 13.0. The van der Waals surface area contributed by atoms with E-state index in [-0.39, 0.29) is 6.04 Å². The molecule has 0 aromatic heterocycles. The van der Waals surface area contributed by atoms with Crippen LogP contribution in [0, 0.1) is 0 Å². The number of unbranched alkanes of at least 4 members (excludes halogenated alkanes) is 1. The van der Waals surface area contributed by atoms with E-state index in [2.05, 4.69) is 63.8 Å². The SMILES string of the molecule is CCCC[C@@H]([C@@H](O)c1ccc(C(C)C)cc1)N(CC)CC. The summed E-state index contributed by atoms with van der Waals surface area (Å²) in [5.74, 6) is 0.537. The van der Waals surface area contributed by atoms with E-state index in [1.54, 1.807) is 0 Å². The van der Waals surface area contributed by atoms with Gasteiger partial charge in [0.25, 0.3) is 0 Å². The maximum atomic E-state index is 10.8. The summed E-state index contributed by atoms with van der Waals surface area (Å²) in [5.41, 5.74) is 2.38. The molecule has 2 heteroatoms. The van der Waals surface area contributed by atoms with Crippen LogP contribution in [0.1, 0.15) is 77.0 Å². The fourth-order valence-electron chi connectivity index (χ4n) is 2.95. The van der Waals surface area contributed by atoms with Crippen molar-refractivity contribution in [1.29, 1.82) is 0 Å². The molecule has 21 heavy (non-hydrogen) atoms. The summed E-state index contributed by atoms with van der Waals surface area (Å²) in [6.07, 6.45) is 3.02. The lowest BCUT2D eigenvalue weighted by Crippen LogP contribution is -2.39. The van der Waals surface area contributed by atoms with Gasteiger partial charge in [0, 0.05) is 6.04 Å².